The number of benzene rings is 2. The summed E-state index contributed by atoms with van der Waals surface area (Å²) in [5, 5.41) is 8.81. The van der Waals surface area contributed by atoms with Crippen molar-refractivity contribution in [3.63, 3.8) is 0 Å². The Bertz CT molecular complexity index is 452. The van der Waals surface area contributed by atoms with Crippen LogP contribution in [0, 0.1) is 13.8 Å². The molecule has 3 heteroatoms. The molecule has 0 aromatic heterocycles. The third kappa shape index (κ3) is 5.37. The van der Waals surface area contributed by atoms with E-state index in [1.165, 1.54) is 5.56 Å². The SMILES string of the molecule is Cc1cccc(O)c1.Cc1cccc(OP)c1. The molecule has 90 valence electrons. The van der Waals surface area contributed by atoms with Gasteiger partial charge in [-0.1, -0.05) is 24.3 Å². The molecule has 0 amide bonds. The monoisotopic (exact) mass is 248 g/mol. The minimum atomic E-state index is 0.338. The van der Waals surface area contributed by atoms with E-state index in [4.69, 9.17) is 9.63 Å². The molecule has 1 atom stereocenters. The van der Waals surface area contributed by atoms with E-state index in [1.54, 1.807) is 12.1 Å². The minimum absolute atomic E-state index is 0.338. The summed E-state index contributed by atoms with van der Waals surface area (Å²) < 4.78 is 4.91. The second kappa shape index (κ2) is 6.93. The number of hydrogen-bond donors (Lipinski definition) is 1. The van der Waals surface area contributed by atoms with Crippen molar-refractivity contribution in [2.24, 2.45) is 0 Å². The Morgan fingerprint density at radius 1 is 0.941 bits per heavy atom. The maximum atomic E-state index is 8.81. The van der Waals surface area contributed by atoms with Crippen LogP contribution in [0.3, 0.4) is 0 Å². The van der Waals surface area contributed by atoms with E-state index in [0.29, 0.717) is 5.75 Å². The predicted molar refractivity (Wildman–Crippen MR) is 74.4 cm³/mol. The molecule has 1 N–H and O–H groups in total. The zero-order valence-corrected chi connectivity index (χ0v) is 11.2. The molecule has 0 heterocycles. The Labute approximate surface area is 105 Å². The van der Waals surface area contributed by atoms with Gasteiger partial charge in [-0.15, -0.1) is 0 Å². The van der Waals surface area contributed by atoms with Crippen LogP contribution in [0.5, 0.6) is 11.5 Å². The lowest BCUT2D eigenvalue weighted by Crippen LogP contribution is -1.74. The normalized spacial score (nSPS) is 9.12. The zero-order valence-electron chi connectivity index (χ0n) is 10.1. The average Bonchev–Trinajstić information content (AvgIpc) is 2.29. The first-order valence-electron chi connectivity index (χ1n) is 5.31. The highest BCUT2D eigenvalue weighted by molar-refractivity contribution is 7.10. The fraction of sp³-hybridized carbons (Fsp3) is 0.143. The maximum Gasteiger partial charge on any atom is 0.122 e. The summed E-state index contributed by atoms with van der Waals surface area (Å²) in [6, 6.07) is 15.0. The summed E-state index contributed by atoms with van der Waals surface area (Å²) in [4.78, 5) is 0. The van der Waals surface area contributed by atoms with Crippen molar-refractivity contribution >= 4 is 9.47 Å². The summed E-state index contributed by atoms with van der Waals surface area (Å²) in [5.41, 5.74) is 2.31. The molecule has 1 unspecified atom stereocenters. The highest BCUT2D eigenvalue weighted by Crippen LogP contribution is 2.13. The first-order valence-corrected chi connectivity index (χ1v) is 5.78. The van der Waals surface area contributed by atoms with Gasteiger partial charge in [-0.25, -0.2) is 0 Å². The van der Waals surface area contributed by atoms with E-state index in [0.717, 1.165) is 11.3 Å². The van der Waals surface area contributed by atoms with Gasteiger partial charge < -0.3 is 9.63 Å². The minimum Gasteiger partial charge on any atom is -0.508 e. The molecule has 0 saturated heterocycles. The van der Waals surface area contributed by atoms with Crippen LogP contribution in [0.1, 0.15) is 11.1 Å². The summed E-state index contributed by atoms with van der Waals surface area (Å²) >= 11 is 0. The van der Waals surface area contributed by atoms with Gasteiger partial charge in [0.1, 0.15) is 11.5 Å². The van der Waals surface area contributed by atoms with E-state index in [-0.39, 0.29) is 0 Å². The lowest BCUT2D eigenvalue weighted by atomic mass is 10.2. The lowest BCUT2D eigenvalue weighted by molar-refractivity contribution is 0.475. The molecule has 2 nitrogen and oxygen atoms in total. The molecular formula is C14H17O2P. The molecule has 0 aliphatic heterocycles. The Hall–Kier alpha value is -1.53. The predicted octanol–water partition coefficient (Wildman–Crippen LogP) is 3.86. The van der Waals surface area contributed by atoms with Gasteiger partial charge in [0.05, 0.1) is 9.47 Å². The van der Waals surface area contributed by atoms with Crippen LogP contribution in [-0.2, 0) is 0 Å². The molecular weight excluding hydrogens is 231 g/mol. The average molecular weight is 248 g/mol. The smallest absolute Gasteiger partial charge is 0.122 e. The van der Waals surface area contributed by atoms with Crippen LogP contribution in [0.15, 0.2) is 48.5 Å². The van der Waals surface area contributed by atoms with Gasteiger partial charge in [0.2, 0.25) is 0 Å². The number of rotatable bonds is 1. The van der Waals surface area contributed by atoms with E-state index in [1.807, 2.05) is 50.2 Å². The van der Waals surface area contributed by atoms with E-state index < -0.39 is 0 Å². The fourth-order valence-electron chi connectivity index (χ4n) is 1.32. The second-order valence-electron chi connectivity index (χ2n) is 3.77. The van der Waals surface area contributed by atoms with E-state index >= 15 is 0 Å². The van der Waals surface area contributed by atoms with Crippen molar-refractivity contribution in [2.45, 2.75) is 13.8 Å². The summed E-state index contributed by atoms with van der Waals surface area (Å²) in [7, 11) is 2.22. The molecule has 0 bridgehead atoms. The van der Waals surface area contributed by atoms with Crippen LogP contribution in [0.2, 0.25) is 0 Å². The van der Waals surface area contributed by atoms with E-state index in [9.17, 15) is 0 Å². The first kappa shape index (κ1) is 13.5. The Kier molecular flexibility index (Phi) is 5.51. The first-order chi connectivity index (χ1) is 8.11. The summed E-state index contributed by atoms with van der Waals surface area (Å²) in [5.74, 6) is 1.23. The van der Waals surface area contributed by atoms with Crippen LogP contribution in [-0.4, -0.2) is 5.11 Å². The summed E-state index contributed by atoms with van der Waals surface area (Å²) in [6.45, 7) is 3.98. The lowest BCUT2D eigenvalue weighted by Gasteiger charge is -1.97. The number of hydrogen-bond acceptors (Lipinski definition) is 2. The molecule has 2 rings (SSSR count). The molecule has 17 heavy (non-hydrogen) atoms. The van der Waals surface area contributed by atoms with Crippen LogP contribution < -0.4 is 4.52 Å². The standard InChI is InChI=1S/C7H9OP.C7H8O/c1-6-3-2-4-7(5-6)8-9;1-6-3-2-4-7(8)5-6/h2-5H,9H2,1H3;2-5,8H,1H3. The van der Waals surface area contributed by atoms with Gasteiger partial charge in [0.25, 0.3) is 0 Å². The molecule has 0 spiro atoms. The number of aromatic hydroxyl groups is 1. The molecule has 2 aromatic rings. The van der Waals surface area contributed by atoms with Crippen molar-refractivity contribution in [2.75, 3.05) is 0 Å². The van der Waals surface area contributed by atoms with Crippen LogP contribution in [0.4, 0.5) is 0 Å². The highest BCUT2D eigenvalue weighted by Gasteiger charge is 1.87. The van der Waals surface area contributed by atoms with Gasteiger partial charge >= 0.3 is 0 Å². The zero-order chi connectivity index (χ0) is 12.7. The molecule has 0 aliphatic carbocycles. The number of phenols is 1. The van der Waals surface area contributed by atoms with E-state index in [2.05, 4.69) is 9.47 Å². The molecule has 2 aromatic carbocycles. The van der Waals surface area contributed by atoms with Gasteiger partial charge in [-0.05, 0) is 49.2 Å². The highest BCUT2D eigenvalue weighted by atomic mass is 31.0. The maximum absolute atomic E-state index is 8.81. The van der Waals surface area contributed by atoms with Crippen LogP contribution in [0.25, 0.3) is 0 Å². The van der Waals surface area contributed by atoms with Crippen molar-refractivity contribution in [1.29, 1.82) is 0 Å². The third-order valence-corrected chi connectivity index (χ3v) is 2.40. The Morgan fingerprint density at radius 2 is 1.53 bits per heavy atom. The van der Waals surface area contributed by atoms with Crippen molar-refractivity contribution in [3.05, 3.63) is 59.7 Å². The summed E-state index contributed by atoms with van der Waals surface area (Å²) in [6.07, 6.45) is 0. The fourth-order valence-corrected chi connectivity index (χ4v) is 1.46. The van der Waals surface area contributed by atoms with Gasteiger partial charge in [-0.3, -0.25) is 0 Å². The van der Waals surface area contributed by atoms with Gasteiger partial charge in [-0.2, -0.15) is 0 Å². The molecule has 0 saturated carbocycles. The third-order valence-electron chi connectivity index (χ3n) is 2.13. The quantitative estimate of drug-likeness (QED) is 0.776. The Balaban J connectivity index is 0.000000171. The Morgan fingerprint density at radius 3 is 1.88 bits per heavy atom. The largest absolute Gasteiger partial charge is 0.508 e. The van der Waals surface area contributed by atoms with Gasteiger partial charge in [0, 0.05) is 0 Å². The second-order valence-corrected chi connectivity index (χ2v) is 4.01. The molecule has 0 radical (unpaired) electrons. The number of phenolic OH excluding ortho intramolecular Hbond substituents is 1. The molecule has 0 fully saturated rings. The number of aryl methyl sites for hydroxylation is 2. The van der Waals surface area contributed by atoms with Crippen molar-refractivity contribution in [1.82, 2.24) is 0 Å². The van der Waals surface area contributed by atoms with Crippen molar-refractivity contribution in [3.8, 4) is 11.5 Å². The molecule has 0 aliphatic rings. The van der Waals surface area contributed by atoms with Crippen molar-refractivity contribution < 1.29 is 9.63 Å². The topological polar surface area (TPSA) is 29.5 Å². The van der Waals surface area contributed by atoms with Gasteiger partial charge in [0.15, 0.2) is 0 Å². The van der Waals surface area contributed by atoms with Crippen LogP contribution >= 0.6 is 9.47 Å².